The van der Waals surface area contributed by atoms with Crippen molar-refractivity contribution >= 4 is 23.4 Å². The van der Waals surface area contributed by atoms with Crippen molar-refractivity contribution in [2.75, 3.05) is 11.9 Å². The molecule has 0 unspecified atom stereocenters. The number of rotatable bonds is 7. The normalized spacial score (nSPS) is 10.3. The second kappa shape index (κ2) is 13.7. The Bertz CT molecular complexity index is 1290. The number of anilines is 1. The molecule has 0 aliphatic rings. The fraction of sp³-hybridized carbons (Fsp3) is 0.154. The van der Waals surface area contributed by atoms with Crippen LogP contribution in [0.2, 0.25) is 0 Å². The Kier molecular flexibility index (Phi) is 10.4. The highest BCUT2D eigenvalue weighted by Gasteiger charge is 2.19. The molecule has 0 aliphatic carbocycles. The molecule has 0 fully saturated rings. The van der Waals surface area contributed by atoms with Gasteiger partial charge in [0.1, 0.15) is 12.6 Å². The van der Waals surface area contributed by atoms with E-state index in [0.29, 0.717) is 16.8 Å². The Morgan fingerprint density at radius 1 is 1.00 bits per heavy atom. The van der Waals surface area contributed by atoms with Crippen molar-refractivity contribution in [2.45, 2.75) is 20.0 Å². The van der Waals surface area contributed by atoms with Gasteiger partial charge in [-0.1, -0.05) is 19.3 Å². The first-order valence-corrected chi connectivity index (χ1v) is 10.4. The van der Waals surface area contributed by atoms with Gasteiger partial charge in [-0.3, -0.25) is 19.6 Å². The maximum Gasteiger partial charge on any atom is 0.267 e. The molecule has 0 saturated heterocycles. The van der Waals surface area contributed by atoms with Crippen molar-refractivity contribution in [2.24, 2.45) is 5.73 Å². The van der Waals surface area contributed by atoms with Crippen molar-refractivity contribution in [1.29, 1.82) is 0 Å². The van der Waals surface area contributed by atoms with Crippen molar-refractivity contribution in [3.8, 4) is 23.7 Å². The van der Waals surface area contributed by atoms with Crippen LogP contribution in [0.1, 0.15) is 28.9 Å². The maximum atomic E-state index is 12.2. The van der Waals surface area contributed by atoms with Gasteiger partial charge in [0.15, 0.2) is 0 Å². The zero-order chi connectivity index (χ0) is 25.0. The molecule has 3 rings (SSSR count). The molecule has 184 valence electrons. The summed E-state index contributed by atoms with van der Waals surface area (Å²) in [6.07, 6.45) is 4.90. The summed E-state index contributed by atoms with van der Waals surface area (Å²) in [5, 5.41) is 13.9. The van der Waals surface area contributed by atoms with Crippen LogP contribution in [0.5, 0.6) is 0 Å². The zero-order valence-corrected chi connectivity index (χ0v) is 18.5. The summed E-state index contributed by atoms with van der Waals surface area (Å²) in [6, 6.07) is 12.4. The lowest BCUT2D eigenvalue weighted by molar-refractivity contribution is -0.130. The van der Waals surface area contributed by atoms with E-state index in [2.05, 4.69) is 39.3 Å². The molecule has 2 aromatic carbocycles. The number of hydroxylamine groups is 1. The Balaban J connectivity index is 0.00000456. The van der Waals surface area contributed by atoms with Crippen LogP contribution in [0.4, 0.5) is 5.69 Å². The molecule has 3 amide bonds. The van der Waals surface area contributed by atoms with E-state index in [0.717, 1.165) is 5.56 Å². The maximum absolute atomic E-state index is 12.2. The molecule has 3 aromatic rings. The lowest BCUT2D eigenvalue weighted by Gasteiger charge is -2.14. The second-order valence-electron chi connectivity index (χ2n) is 7.18. The highest BCUT2D eigenvalue weighted by Crippen LogP contribution is 2.09. The Morgan fingerprint density at radius 3 is 2.14 bits per heavy atom. The fourth-order valence-electron chi connectivity index (χ4n) is 2.85. The largest absolute Gasteiger partial charge is 0.339 e. The number of aromatic nitrogens is 2. The van der Waals surface area contributed by atoms with Crippen LogP contribution in [0.3, 0.4) is 0 Å². The number of hydrogen-bond acceptors (Lipinski definition) is 6. The third-order valence-corrected chi connectivity index (χ3v) is 4.65. The number of carbonyl (C=O) groups excluding carboxylic acids is 3. The summed E-state index contributed by atoms with van der Waals surface area (Å²) in [5.74, 6) is 9.84. The molecule has 1 aromatic heterocycles. The monoisotopic (exact) mass is 486 g/mol. The molecule has 1 atom stereocenters. The first-order chi connectivity index (χ1) is 17.0. The number of benzene rings is 2. The highest BCUT2D eigenvalue weighted by atomic mass is 16.5. The van der Waals surface area contributed by atoms with Gasteiger partial charge in [0.2, 0.25) is 5.91 Å². The van der Waals surface area contributed by atoms with Crippen LogP contribution >= 0.6 is 0 Å². The molecule has 6 N–H and O–H groups in total. The van der Waals surface area contributed by atoms with E-state index in [1.54, 1.807) is 71.8 Å². The predicted octanol–water partition coefficient (Wildman–Crippen LogP) is 1.12. The van der Waals surface area contributed by atoms with Gasteiger partial charge in [-0.2, -0.15) is 0 Å². The van der Waals surface area contributed by atoms with Gasteiger partial charge in [0.25, 0.3) is 11.8 Å². The Hall–Kier alpha value is -4.90. The lowest BCUT2D eigenvalue weighted by Crippen LogP contribution is -2.50. The topological polar surface area (TPSA) is 151 Å². The average molecular weight is 487 g/mol. The van der Waals surface area contributed by atoms with Crippen LogP contribution in [-0.2, 0) is 16.1 Å². The van der Waals surface area contributed by atoms with Crippen LogP contribution in [0, 0.1) is 23.7 Å². The summed E-state index contributed by atoms with van der Waals surface area (Å²) in [7, 11) is 0. The molecular weight excluding hydrogens is 460 g/mol. The van der Waals surface area contributed by atoms with Gasteiger partial charge in [-0.05, 0) is 60.4 Å². The summed E-state index contributed by atoms with van der Waals surface area (Å²) < 4.78 is 1.67. The number of nitrogens with one attached hydrogen (secondary N) is 3. The summed E-state index contributed by atoms with van der Waals surface area (Å²) >= 11 is 0. The van der Waals surface area contributed by atoms with E-state index in [1.807, 2.05) is 0 Å². The minimum Gasteiger partial charge on any atom is -0.339 e. The minimum absolute atomic E-state index is 0. The van der Waals surface area contributed by atoms with E-state index in [4.69, 9.17) is 10.9 Å². The molecule has 0 spiro atoms. The molecule has 10 nitrogen and oxygen atoms in total. The van der Waals surface area contributed by atoms with Crippen molar-refractivity contribution in [1.82, 2.24) is 20.3 Å². The van der Waals surface area contributed by atoms with Crippen molar-refractivity contribution in [3.05, 3.63) is 83.9 Å². The third-order valence-electron chi connectivity index (χ3n) is 4.65. The minimum atomic E-state index is -1.05. The molecule has 10 heteroatoms. The molecule has 0 saturated carbocycles. The highest BCUT2D eigenvalue weighted by molar-refractivity contribution is 5.97. The molecule has 0 aliphatic heterocycles. The number of imidazole rings is 1. The Morgan fingerprint density at radius 2 is 1.61 bits per heavy atom. The summed E-state index contributed by atoms with van der Waals surface area (Å²) in [6.45, 7) is 0.0158. The van der Waals surface area contributed by atoms with E-state index < -0.39 is 17.9 Å². The smallest absolute Gasteiger partial charge is 0.267 e. The van der Waals surface area contributed by atoms with Gasteiger partial charge in [-0.25, -0.2) is 10.5 Å². The van der Waals surface area contributed by atoms with Gasteiger partial charge in [0.05, 0.1) is 6.33 Å². The number of hydrogen-bond donors (Lipinski definition) is 5. The Labute approximate surface area is 208 Å². The van der Waals surface area contributed by atoms with Crippen molar-refractivity contribution in [3.63, 3.8) is 0 Å². The van der Waals surface area contributed by atoms with Gasteiger partial charge < -0.3 is 20.9 Å². The predicted molar refractivity (Wildman–Crippen MR) is 134 cm³/mol. The number of nitrogens with two attached hydrogens (primary N) is 1. The van der Waals surface area contributed by atoms with E-state index in [1.165, 1.54) is 5.48 Å². The standard InChI is InChI=1S/C25H22N6O4.CH4/c26-15-22(25(34)30-35)29-24(33)20-9-5-18(6-10-20)3-1-2-4-19-7-11-21(12-8-19)28-23(32)16-31-14-13-27-17-31;/h5-14,17,22,35H,15-16,26H2,(H,28,32)(H,29,33)(H,30,34);1H4/t22-;/m0./s1. The number of carbonyl (C=O) groups is 3. The lowest BCUT2D eigenvalue weighted by atomic mass is 10.1. The van der Waals surface area contributed by atoms with Crippen LogP contribution < -0.4 is 21.8 Å². The summed E-state index contributed by atoms with van der Waals surface area (Å²) in [5.41, 5.74) is 9.23. The number of amides is 3. The molecule has 1 heterocycles. The molecular formula is C26H26N6O4. The van der Waals surface area contributed by atoms with Crippen LogP contribution in [0.15, 0.2) is 67.3 Å². The first kappa shape index (κ1) is 27.3. The van der Waals surface area contributed by atoms with Gasteiger partial charge in [-0.15, -0.1) is 0 Å². The first-order valence-electron chi connectivity index (χ1n) is 10.4. The molecule has 36 heavy (non-hydrogen) atoms. The van der Waals surface area contributed by atoms with Gasteiger partial charge in [0, 0.05) is 41.3 Å². The van der Waals surface area contributed by atoms with Crippen LogP contribution in [0.25, 0.3) is 0 Å². The number of nitrogens with zero attached hydrogens (tertiary/aromatic N) is 2. The van der Waals surface area contributed by atoms with E-state index in [-0.39, 0.29) is 26.4 Å². The molecule has 0 bridgehead atoms. The summed E-state index contributed by atoms with van der Waals surface area (Å²) in [4.78, 5) is 39.5. The quantitative estimate of drug-likeness (QED) is 0.192. The van der Waals surface area contributed by atoms with Gasteiger partial charge >= 0.3 is 0 Å². The van der Waals surface area contributed by atoms with E-state index >= 15 is 0 Å². The van der Waals surface area contributed by atoms with E-state index in [9.17, 15) is 14.4 Å². The average Bonchev–Trinajstić information content (AvgIpc) is 3.38. The SMILES string of the molecule is C.NC[C@H](NC(=O)c1ccc(C#CC#Cc2ccc(NC(=O)Cn3ccnc3)cc2)cc1)C(=O)NO. The second-order valence-corrected chi connectivity index (χ2v) is 7.18. The van der Waals surface area contributed by atoms with Crippen LogP contribution in [-0.4, -0.2) is 45.1 Å². The molecule has 0 radical (unpaired) electrons. The fourth-order valence-corrected chi connectivity index (χ4v) is 2.85. The van der Waals surface area contributed by atoms with Crippen molar-refractivity contribution < 1.29 is 19.6 Å². The zero-order valence-electron chi connectivity index (χ0n) is 18.5. The third kappa shape index (κ3) is 8.15.